The molecule has 0 bridgehead atoms. The molecule has 1 aliphatic rings. The van der Waals surface area contributed by atoms with Crippen LogP contribution in [0.15, 0.2) is 33.4 Å². The van der Waals surface area contributed by atoms with Gasteiger partial charge in [-0.05, 0) is 31.5 Å². The van der Waals surface area contributed by atoms with Gasteiger partial charge in [-0.3, -0.25) is 9.69 Å². The first-order chi connectivity index (χ1) is 9.24. The van der Waals surface area contributed by atoms with Crippen LogP contribution in [0.3, 0.4) is 0 Å². The van der Waals surface area contributed by atoms with Gasteiger partial charge in [-0.2, -0.15) is 0 Å². The van der Waals surface area contributed by atoms with Crippen molar-refractivity contribution in [1.82, 2.24) is 10.1 Å². The van der Waals surface area contributed by atoms with Gasteiger partial charge in [-0.15, -0.1) is 12.4 Å². The van der Waals surface area contributed by atoms with E-state index in [-0.39, 0.29) is 12.4 Å². The summed E-state index contributed by atoms with van der Waals surface area (Å²) in [5, 5.41) is 13.1. The van der Waals surface area contributed by atoms with Crippen molar-refractivity contribution in [3.63, 3.8) is 0 Å². The van der Waals surface area contributed by atoms with Crippen molar-refractivity contribution >= 4 is 18.4 Å². The maximum Gasteiger partial charge on any atom is 0.320 e. The lowest BCUT2D eigenvalue weighted by atomic mass is 10.2. The summed E-state index contributed by atoms with van der Waals surface area (Å²) in [4.78, 5) is 13.0. The van der Waals surface area contributed by atoms with Crippen molar-refractivity contribution in [3.05, 3.63) is 30.2 Å². The Hall–Kier alpha value is -1.79. The maximum atomic E-state index is 11.1. The lowest BCUT2D eigenvalue weighted by Gasteiger charge is -2.19. The van der Waals surface area contributed by atoms with E-state index in [1.54, 1.807) is 24.5 Å². The van der Waals surface area contributed by atoms with Crippen molar-refractivity contribution in [3.8, 4) is 11.5 Å². The molecule has 0 saturated carbocycles. The Bertz CT molecular complexity index is 567. The van der Waals surface area contributed by atoms with Gasteiger partial charge >= 0.3 is 5.97 Å². The number of likely N-dealkylation sites (tertiary alicyclic amines) is 1. The van der Waals surface area contributed by atoms with Crippen LogP contribution in [0.2, 0.25) is 0 Å². The first kappa shape index (κ1) is 14.6. The standard InChI is InChI=1S/C13H14N2O4.ClH/c16-13(17)10-3-1-5-15(10)8-9-7-12(19-14-9)11-4-2-6-18-11;/h2,4,6-7,10H,1,3,5,8H2,(H,16,17);1H/t10-;/m0./s1. The zero-order valence-corrected chi connectivity index (χ0v) is 11.5. The van der Waals surface area contributed by atoms with Crippen LogP contribution >= 0.6 is 12.4 Å². The molecule has 2 aromatic rings. The third kappa shape index (κ3) is 2.86. The zero-order chi connectivity index (χ0) is 13.2. The average Bonchev–Trinajstić information content (AvgIpc) is 3.09. The Kier molecular flexibility index (Phi) is 4.46. The number of hydrogen-bond acceptors (Lipinski definition) is 5. The van der Waals surface area contributed by atoms with Gasteiger partial charge in [-0.1, -0.05) is 5.16 Å². The fourth-order valence-electron chi connectivity index (χ4n) is 2.42. The number of furan rings is 1. The van der Waals surface area contributed by atoms with Gasteiger partial charge in [-0.25, -0.2) is 0 Å². The molecule has 7 heteroatoms. The summed E-state index contributed by atoms with van der Waals surface area (Å²) < 4.78 is 10.4. The van der Waals surface area contributed by atoms with E-state index in [1.165, 1.54) is 0 Å². The summed E-state index contributed by atoms with van der Waals surface area (Å²) in [6.45, 7) is 1.26. The Morgan fingerprint density at radius 2 is 2.35 bits per heavy atom. The van der Waals surface area contributed by atoms with Crippen LogP contribution in [0.5, 0.6) is 0 Å². The van der Waals surface area contributed by atoms with Crippen LogP contribution < -0.4 is 0 Å². The van der Waals surface area contributed by atoms with Crippen LogP contribution in [-0.4, -0.2) is 33.7 Å². The van der Waals surface area contributed by atoms with E-state index < -0.39 is 12.0 Å². The van der Waals surface area contributed by atoms with Crippen LogP contribution in [0.4, 0.5) is 0 Å². The summed E-state index contributed by atoms with van der Waals surface area (Å²) in [5.74, 6) is 0.410. The number of carboxylic acid groups (broad SMARTS) is 1. The number of aliphatic carboxylic acids is 1. The molecule has 0 unspecified atom stereocenters. The predicted octanol–water partition coefficient (Wildman–Crippen LogP) is 2.41. The predicted molar refractivity (Wildman–Crippen MR) is 72.5 cm³/mol. The zero-order valence-electron chi connectivity index (χ0n) is 10.7. The first-order valence-corrected chi connectivity index (χ1v) is 6.20. The number of carbonyl (C=O) groups is 1. The minimum absolute atomic E-state index is 0. The minimum Gasteiger partial charge on any atom is -0.480 e. The molecule has 2 aromatic heterocycles. The second-order valence-corrected chi connectivity index (χ2v) is 4.63. The summed E-state index contributed by atoms with van der Waals surface area (Å²) in [5.41, 5.74) is 0.722. The van der Waals surface area contributed by atoms with Crippen molar-refractivity contribution in [2.45, 2.75) is 25.4 Å². The molecule has 0 radical (unpaired) electrons. The lowest BCUT2D eigenvalue weighted by Crippen LogP contribution is -2.35. The van der Waals surface area contributed by atoms with Crippen LogP contribution in [-0.2, 0) is 11.3 Å². The molecule has 20 heavy (non-hydrogen) atoms. The number of nitrogens with zero attached hydrogens (tertiary/aromatic N) is 2. The first-order valence-electron chi connectivity index (χ1n) is 6.20. The Morgan fingerprint density at radius 1 is 1.50 bits per heavy atom. The highest BCUT2D eigenvalue weighted by atomic mass is 35.5. The van der Waals surface area contributed by atoms with Crippen molar-refractivity contribution < 1.29 is 18.8 Å². The van der Waals surface area contributed by atoms with Gasteiger partial charge in [0.15, 0.2) is 5.76 Å². The summed E-state index contributed by atoms with van der Waals surface area (Å²) >= 11 is 0. The number of carboxylic acids is 1. The molecule has 0 aliphatic carbocycles. The number of hydrogen-bond donors (Lipinski definition) is 1. The molecule has 3 rings (SSSR count). The van der Waals surface area contributed by atoms with E-state index in [0.29, 0.717) is 24.5 Å². The minimum atomic E-state index is -0.771. The van der Waals surface area contributed by atoms with Crippen molar-refractivity contribution in [2.75, 3.05) is 6.54 Å². The Labute approximate surface area is 121 Å². The fraction of sp³-hybridized carbons (Fsp3) is 0.385. The molecule has 1 atom stereocenters. The third-order valence-corrected chi connectivity index (χ3v) is 3.34. The molecule has 1 aliphatic heterocycles. The molecule has 1 saturated heterocycles. The third-order valence-electron chi connectivity index (χ3n) is 3.34. The van der Waals surface area contributed by atoms with Gasteiger partial charge < -0.3 is 14.0 Å². The van der Waals surface area contributed by atoms with Crippen molar-refractivity contribution in [2.24, 2.45) is 0 Å². The topological polar surface area (TPSA) is 79.7 Å². The van der Waals surface area contributed by atoms with Crippen molar-refractivity contribution in [1.29, 1.82) is 0 Å². The van der Waals surface area contributed by atoms with Crippen LogP contribution in [0.25, 0.3) is 11.5 Å². The molecule has 108 valence electrons. The van der Waals surface area contributed by atoms with Crippen LogP contribution in [0, 0.1) is 0 Å². The Balaban J connectivity index is 0.00000147. The molecule has 0 spiro atoms. The molecule has 3 heterocycles. The van der Waals surface area contributed by atoms with Gasteiger partial charge in [0.05, 0.1) is 12.0 Å². The maximum absolute atomic E-state index is 11.1. The second-order valence-electron chi connectivity index (χ2n) is 4.63. The molecule has 0 amide bonds. The number of halogens is 1. The monoisotopic (exact) mass is 298 g/mol. The lowest BCUT2D eigenvalue weighted by molar-refractivity contribution is -0.142. The highest BCUT2D eigenvalue weighted by Crippen LogP contribution is 2.24. The van der Waals surface area contributed by atoms with Gasteiger partial charge in [0.25, 0.3) is 0 Å². The molecule has 0 aromatic carbocycles. The van der Waals surface area contributed by atoms with E-state index in [9.17, 15) is 4.79 Å². The highest BCUT2D eigenvalue weighted by molar-refractivity contribution is 5.85. The summed E-state index contributed by atoms with van der Waals surface area (Å²) in [6.07, 6.45) is 3.16. The summed E-state index contributed by atoms with van der Waals surface area (Å²) in [6, 6.07) is 4.94. The van der Waals surface area contributed by atoms with E-state index in [1.807, 2.05) is 4.90 Å². The second kappa shape index (κ2) is 6.11. The molecule has 1 N–H and O–H groups in total. The number of rotatable bonds is 4. The molecule has 1 fully saturated rings. The smallest absolute Gasteiger partial charge is 0.320 e. The molecular formula is C13H15ClN2O4. The average molecular weight is 299 g/mol. The SMILES string of the molecule is Cl.O=C(O)[C@@H]1CCCN1Cc1cc(-c2ccco2)on1. The van der Waals surface area contributed by atoms with E-state index in [2.05, 4.69) is 5.16 Å². The van der Waals surface area contributed by atoms with Crippen LogP contribution in [0.1, 0.15) is 18.5 Å². The quantitative estimate of drug-likeness (QED) is 0.933. The normalized spacial score (nSPS) is 18.9. The Morgan fingerprint density at radius 3 is 3.05 bits per heavy atom. The van der Waals surface area contributed by atoms with E-state index in [0.717, 1.165) is 18.7 Å². The van der Waals surface area contributed by atoms with E-state index >= 15 is 0 Å². The number of aromatic nitrogens is 1. The summed E-state index contributed by atoms with van der Waals surface area (Å²) in [7, 11) is 0. The largest absolute Gasteiger partial charge is 0.480 e. The van der Waals surface area contributed by atoms with Gasteiger partial charge in [0.2, 0.25) is 5.76 Å². The van der Waals surface area contributed by atoms with Gasteiger partial charge in [0.1, 0.15) is 6.04 Å². The molecular weight excluding hydrogens is 284 g/mol. The highest BCUT2D eigenvalue weighted by Gasteiger charge is 2.31. The van der Waals surface area contributed by atoms with Gasteiger partial charge in [0, 0.05) is 12.6 Å². The van der Waals surface area contributed by atoms with E-state index in [4.69, 9.17) is 14.0 Å². The fourth-order valence-corrected chi connectivity index (χ4v) is 2.42. The molecule has 6 nitrogen and oxygen atoms in total.